The third-order valence-electron chi connectivity index (χ3n) is 4.17. The Bertz CT molecular complexity index is 1160. The van der Waals surface area contributed by atoms with Gasteiger partial charge in [-0.05, 0) is 50.2 Å². The van der Waals surface area contributed by atoms with Gasteiger partial charge in [-0.25, -0.2) is 22.3 Å². The van der Waals surface area contributed by atoms with E-state index in [1.165, 1.54) is 43.3 Å². The van der Waals surface area contributed by atoms with Crippen molar-refractivity contribution in [1.82, 2.24) is 4.72 Å². The molecule has 0 radical (unpaired) electrons. The van der Waals surface area contributed by atoms with E-state index in [2.05, 4.69) is 20.7 Å². The van der Waals surface area contributed by atoms with Gasteiger partial charge in [0.15, 0.2) is 0 Å². The second-order valence-corrected chi connectivity index (χ2v) is 8.66. The van der Waals surface area contributed by atoms with E-state index < -0.39 is 27.9 Å². The lowest BCUT2D eigenvalue weighted by Crippen LogP contribution is -2.27. The van der Waals surface area contributed by atoms with Crippen LogP contribution in [-0.2, 0) is 10.0 Å². The largest absolute Gasteiger partial charge is 0.475 e. The molecular formula is C18H15BrFNO5S. The topological polar surface area (TPSA) is 96.6 Å². The number of aromatic carboxylic acids is 1. The number of furan rings is 1. The Morgan fingerprint density at radius 3 is 2.63 bits per heavy atom. The molecule has 3 rings (SSSR count). The third-order valence-corrected chi connectivity index (χ3v) is 6.20. The number of halogens is 2. The highest BCUT2D eigenvalue weighted by atomic mass is 79.9. The first-order valence-electron chi connectivity index (χ1n) is 7.84. The molecule has 1 heterocycles. The number of nitrogens with one attached hydrogen (secondary N) is 1. The van der Waals surface area contributed by atoms with Gasteiger partial charge in [0, 0.05) is 27.0 Å². The summed E-state index contributed by atoms with van der Waals surface area (Å²) in [6.45, 7) is 3.07. The van der Waals surface area contributed by atoms with Crippen molar-refractivity contribution in [2.24, 2.45) is 0 Å². The Balaban J connectivity index is 1.98. The lowest BCUT2D eigenvalue weighted by atomic mass is 10.1. The summed E-state index contributed by atoms with van der Waals surface area (Å²) in [5.74, 6) is -2.00. The van der Waals surface area contributed by atoms with Crippen molar-refractivity contribution < 1.29 is 27.1 Å². The zero-order chi connectivity index (χ0) is 19.9. The Hall–Kier alpha value is -2.23. The molecule has 1 aromatic heterocycles. The fourth-order valence-electron chi connectivity index (χ4n) is 2.78. The fraction of sp³-hybridized carbons (Fsp3) is 0.167. The van der Waals surface area contributed by atoms with Crippen LogP contribution in [0.2, 0.25) is 0 Å². The van der Waals surface area contributed by atoms with Crippen molar-refractivity contribution >= 4 is 42.9 Å². The summed E-state index contributed by atoms with van der Waals surface area (Å²) in [5, 5.41) is 9.51. The summed E-state index contributed by atoms with van der Waals surface area (Å²) < 4.78 is 47.7. The lowest BCUT2D eigenvalue weighted by molar-refractivity contribution is 0.0664. The van der Waals surface area contributed by atoms with Gasteiger partial charge in [0.1, 0.15) is 11.4 Å². The Kier molecular flexibility index (Phi) is 5.11. The molecule has 2 N–H and O–H groups in total. The van der Waals surface area contributed by atoms with Gasteiger partial charge in [-0.2, -0.15) is 0 Å². The van der Waals surface area contributed by atoms with Crippen molar-refractivity contribution in [3.63, 3.8) is 0 Å². The summed E-state index contributed by atoms with van der Waals surface area (Å²) in [6.07, 6.45) is 0. The molecule has 142 valence electrons. The van der Waals surface area contributed by atoms with Gasteiger partial charge in [0.2, 0.25) is 15.8 Å². The fourth-order valence-corrected chi connectivity index (χ4v) is 4.41. The minimum absolute atomic E-state index is 0.0712. The van der Waals surface area contributed by atoms with Gasteiger partial charge in [-0.3, -0.25) is 0 Å². The summed E-state index contributed by atoms with van der Waals surface area (Å²) in [7, 11) is -3.98. The first-order chi connectivity index (χ1) is 12.6. The van der Waals surface area contributed by atoms with Crippen LogP contribution >= 0.6 is 15.9 Å². The summed E-state index contributed by atoms with van der Waals surface area (Å²) in [5.41, 5.74) is 0.803. The maximum atomic E-state index is 14.0. The standard InChI is InChI=1S/C18H15BrFNO5S/c1-9-13-8-12(4-6-16(13)26-17(9)18(22)23)27(24,25)21-10(2)14-7-11(19)3-5-15(14)20/h3-8,10,21H,1-2H3,(H,22,23). The molecule has 0 aliphatic rings. The molecule has 0 amide bonds. The molecule has 3 aromatic rings. The predicted octanol–water partition coefficient (Wildman–Crippen LogP) is 4.38. The minimum atomic E-state index is -3.98. The third kappa shape index (κ3) is 3.76. The van der Waals surface area contributed by atoms with Crippen LogP contribution < -0.4 is 4.72 Å². The van der Waals surface area contributed by atoms with Gasteiger partial charge in [0.25, 0.3) is 0 Å². The number of aryl methyl sites for hydroxylation is 1. The van der Waals surface area contributed by atoms with Crippen LogP contribution in [-0.4, -0.2) is 19.5 Å². The number of hydrogen-bond acceptors (Lipinski definition) is 4. The Morgan fingerprint density at radius 1 is 1.26 bits per heavy atom. The number of carboxylic acid groups (broad SMARTS) is 1. The number of carbonyl (C=O) groups is 1. The number of benzene rings is 2. The van der Waals surface area contributed by atoms with Crippen LogP contribution in [0.3, 0.4) is 0 Å². The van der Waals surface area contributed by atoms with Gasteiger partial charge in [-0.1, -0.05) is 15.9 Å². The SMILES string of the molecule is Cc1c(C(=O)O)oc2ccc(S(=O)(=O)NC(C)c3cc(Br)ccc3F)cc12. The van der Waals surface area contributed by atoms with E-state index in [-0.39, 0.29) is 21.8 Å². The van der Waals surface area contributed by atoms with Crippen LogP contribution in [0.4, 0.5) is 4.39 Å². The van der Waals surface area contributed by atoms with E-state index in [9.17, 15) is 17.6 Å². The zero-order valence-corrected chi connectivity index (χ0v) is 16.7. The molecule has 1 atom stereocenters. The number of sulfonamides is 1. The minimum Gasteiger partial charge on any atom is -0.475 e. The van der Waals surface area contributed by atoms with Gasteiger partial charge < -0.3 is 9.52 Å². The summed E-state index contributed by atoms with van der Waals surface area (Å²) in [4.78, 5) is 11.1. The molecule has 0 saturated heterocycles. The number of fused-ring (bicyclic) bond motifs is 1. The van der Waals surface area contributed by atoms with E-state index in [0.29, 0.717) is 15.4 Å². The molecule has 1 unspecified atom stereocenters. The molecule has 0 aliphatic carbocycles. The number of rotatable bonds is 5. The van der Waals surface area contributed by atoms with E-state index in [1.54, 1.807) is 6.92 Å². The van der Waals surface area contributed by atoms with Crippen LogP contribution in [0.15, 0.2) is 50.2 Å². The smallest absolute Gasteiger partial charge is 0.372 e. The predicted molar refractivity (Wildman–Crippen MR) is 101 cm³/mol. The maximum Gasteiger partial charge on any atom is 0.372 e. The van der Waals surface area contributed by atoms with Crippen LogP contribution in [0.25, 0.3) is 11.0 Å². The summed E-state index contributed by atoms with van der Waals surface area (Å²) in [6, 6.07) is 7.51. The van der Waals surface area contributed by atoms with Crippen molar-refractivity contribution in [3.05, 3.63) is 63.6 Å². The highest BCUT2D eigenvalue weighted by molar-refractivity contribution is 9.10. The number of hydrogen-bond donors (Lipinski definition) is 2. The molecule has 0 fully saturated rings. The second kappa shape index (κ2) is 7.06. The Morgan fingerprint density at radius 2 is 1.96 bits per heavy atom. The van der Waals surface area contributed by atoms with E-state index in [1.807, 2.05) is 0 Å². The second-order valence-electron chi connectivity index (χ2n) is 6.03. The molecular weight excluding hydrogens is 441 g/mol. The van der Waals surface area contributed by atoms with Crippen LogP contribution in [0, 0.1) is 12.7 Å². The lowest BCUT2D eigenvalue weighted by Gasteiger charge is -2.16. The molecule has 0 aliphatic heterocycles. The first kappa shape index (κ1) is 19.5. The van der Waals surface area contributed by atoms with Crippen LogP contribution in [0.1, 0.15) is 34.6 Å². The van der Waals surface area contributed by atoms with E-state index in [4.69, 9.17) is 9.52 Å². The van der Waals surface area contributed by atoms with Crippen molar-refractivity contribution in [3.8, 4) is 0 Å². The van der Waals surface area contributed by atoms with Crippen molar-refractivity contribution in [2.45, 2.75) is 24.8 Å². The molecule has 0 saturated carbocycles. The highest BCUT2D eigenvalue weighted by Crippen LogP contribution is 2.29. The monoisotopic (exact) mass is 455 g/mol. The highest BCUT2D eigenvalue weighted by Gasteiger charge is 2.23. The quantitative estimate of drug-likeness (QED) is 0.594. The maximum absolute atomic E-state index is 14.0. The van der Waals surface area contributed by atoms with Gasteiger partial charge >= 0.3 is 5.97 Å². The van der Waals surface area contributed by atoms with Gasteiger partial charge in [-0.15, -0.1) is 0 Å². The molecule has 2 aromatic carbocycles. The van der Waals surface area contributed by atoms with Crippen molar-refractivity contribution in [2.75, 3.05) is 0 Å². The van der Waals surface area contributed by atoms with Crippen molar-refractivity contribution in [1.29, 1.82) is 0 Å². The Labute approximate surface area is 163 Å². The first-order valence-corrected chi connectivity index (χ1v) is 10.1. The average Bonchev–Trinajstić information content (AvgIpc) is 2.93. The normalized spacial score (nSPS) is 13.0. The molecule has 0 bridgehead atoms. The molecule has 6 nitrogen and oxygen atoms in total. The van der Waals surface area contributed by atoms with Crippen LogP contribution in [0.5, 0.6) is 0 Å². The number of carboxylic acids is 1. The van der Waals surface area contributed by atoms with Gasteiger partial charge in [0.05, 0.1) is 4.90 Å². The zero-order valence-electron chi connectivity index (χ0n) is 14.3. The average molecular weight is 456 g/mol. The van der Waals surface area contributed by atoms with E-state index >= 15 is 0 Å². The molecule has 0 spiro atoms. The molecule has 9 heteroatoms. The summed E-state index contributed by atoms with van der Waals surface area (Å²) >= 11 is 3.24. The van der Waals surface area contributed by atoms with E-state index in [0.717, 1.165) is 0 Å². The molecule has 27 heavy (non-hydrogen) atoms.